The molecule has 13 heavy (non-hydrogen) atoms. The molecule has 0 bridgehead atoms. The molecule has 0 unspecified atom stereocenters. The second kappa shape index (κ2) is 3.99. The minimum Gasteiger partial charge on any atom is -0.243 e. The fraction of sp³-hybridized carbons (Fsp3) is 0.143. The molecule has 0 atom stereocenters. The summed E-state index contributed by atoms with van der Waals surface area (Å²) in [5, 5.41) is 8.38. The van der Waals surface area contributed by atoms with Gasteiger partial charge in [-0.3, -0.25) is 0 Å². The van der Waals surface area contributed by atoms with E-state index in [1.54, 1.807) is 6.07 Å². The van der Waals surface area contributed by atoms with Crippen LogP contribution in [0.2, 0.25) is 5.02 Å². The first-order valence-corrected chi connectivity index (χ1v) is 4.27. The summed E-state index contributed by atoms with van der Waals surface area (Å²) in [6, 6.07) is 1.68. The van der Waals surface area contributed by atoms with Crippen molar-refractivity contribution in [3.05, 3.63) is 26.9 Å². The minimum atomic E-state index is -2.66. The molecule has 1 aromatic heterocycles. The van der Waals surface area contributed by atoms with Gasteiger partial charge in [0.05, 0.1) is 10.6 Å². The Balaban J connectivity index is 3.33. The molecule has 0 spiro atoms. The van der Waals surface area contributed by atoms with E-state index in [1.165, 1.54) is 0 Å². The summed E-state index contributed by atoms with van der Waals surface area (Å²) in [6.07, 6.45) is -1.73. The van der Waals surface area contributed by atoms with Crippen molar-refractivity contribution >= 4 is 27.5 Å². The molecule has 68 valence electrons. The maximum atomic E-state index is 12.2. The van der Waals surface area contributed by atoms with Crippen molar-refractivity contribution in [2.75, 3.05) is 0 Å². The highest BCUT2D eigenvalue weighted by Crippen LogP contribution is 2.33. The maximum absolute atomic E-state index is 12.2. The van der Waals surface area contributed by atoms with Gasteiger partial charge in [-0.05, 0) is 15.9 Å². The van der Waals surface area contributed by atoms with Gasteiger partial charge in [0, 0.05) is 10.7 Å². The molecule has 2 nitrogen and oxygen atoms in total. The molecule has 0 saturated heterocycles. The normalized spacial score (nSPS) is 10.2. The highest BCUT2D eigenvalue weighted by atomic mass is 79.9. The van der Waals surface area contributed by atoms with Crippen LogP contribution in [0.15, 0.2) is 10.7 Å². The van der Waals surface area contributed by atoms with Crippen LogP contribution < -0.4 is 0 Å². The van der Waals surface area contributed by atoms with E-state index in [4.69, 9.17) is 16.9 Å². The maximum Gasteiger partial charge on any atom is 0.266 e. The number of aromatic nitrogens is 1. The Morgan fingerprint density at radius 3 is 2.69 bits per heavy atom. The molecule has 0 aliphatic rings. The number of rotatable bonds is 1. The summed E-state index contributed by atoms with van der Waals surface area (Å²) < 4.78 is 24.5. The standard InChI is InChI=1S/C7H2BrClF2N2/c8-5-3(7(10)11)2-13-4(1-12)6(5)9/h2,7H. The Labute approximate surface area is 86.3 Å². The molecule has 6 heteroatoms. The molecular weight excluding hydrogens is 265 g/mol. The summed E-state index contributed by atoms with van der Waals surface area (Å²) >= 11 is 8.45. The van der Waals surface area contributed by atoms with E-state index in [0.29, 0.717) is 0 Å². The van der Waals surface area contributed by atoms with Crippen molar-refractivity contribution in [2.24, 2.45) is 0 Å². The van der Waals surface area contributed by atoms with Gasteiger partial charge in [0.2, 0.25) is 0 Å². The van der Waals surface area contributed by atoms with Crippen LogP contribution in [0, 0.1) is 11.3 Å². The highest BCUT2D eigenvalue weighted by Gasteiger charge is 2.17. The number of hydrogen-bond acceptors (Lipinski definition) is 2. The lowest BCUT2D eigenvalue weighted by Gasteiger charge is -2.04. The Kier molecular flexibility index (Phi) is 3.17. The van der Waals surface area contributed by atoms with E-state index < -0.39 is 6.43 Å². The van der Waals surface area contributed by atoms with E-state index in [1.807, 2.05) is 0 Å². The average molecular weight is 267 g/mol. The first-order valence-electron chi connectivity index (χ1n) is 3.10. The van der Waals surface area contributed by atoms with Gasteiger partial charge in [0.15, 0.2) is 5.69 Å². The van der Waals surface area contributed by atoms with Gasteiger partial charge in [-0.15, -0.1) is 0 Å². The van der Waals surface area contributed by atoms with Crippen molar-refractivity contribution in [3.63, 3.8) is 0 Å². The Hall–Kier alpha value is -0.730. The van der Waals surface area contributed by atoms with Gasteiger partial charge in [-0.1, -0.05) is 11.6 Å². The third-order valence-electron chi connectivity index (χ3n) is 1.33. The average Bonchev–Trinajstić information content (AvgIpc) is 2.09. The Morgan fingerprint density at radius 2 is 2.23 bits per heavy atom. The zero-order chi connectivity index (χ0) is 10.0. The van der Waals surface area contributed by atoms with Gasteiger partial charge < -0.3 is 0 Å². The molecule has 1 rings (SSSR count). The number of alkyl halides is 2. The summed E-state index contributed by atoms with van der Waals surface area (Å²) in [4.78, 5) is 3.48. The van der Waals surface area contributed by atoms with E-state index >= 15 is 0 Å². The summed E-state index contributed by atoms with van der Waals surface area (Å²) in [6.45, 7) is 0. The molecule has 1 heterocycles. The van der Waals surface area contributed by atoms with E-state index in [9.17, 15) is 8.78 Å². The molecular formula is C7H2BrClF2N2. The monoisotopic (exact) mass is 266 g/mol. The minimum absolute atomic E-state index is 0.0238. The van der Waals surface area contributed by atoms with Gasteiger partial charge in [0.1, 0.15) is 6.07 Å². The topological polar surface area (TPSA) is 36.7 Å². The molecule has 1 aromatic rings. The number of nitrogens with zero attached hydrogens (tertiary/aromatic N) is 2. The molecule has 0 amide bonds. The van der Waals surface area contributed by atoms with Crippen LogP contribution in [0.5, 0.6) is 0 Å². The smallest absolute Gasteiger partial charge is 0.243 e. The molecule has 0 aliphatic heterocycles. The van der Waals surface area contributed by atoms with Crippen LogP contribution in [0.25, 0.3) is 0 Å². The third kappa shape index (κ3) is 1.95. The van der Waals surface area contributed by atoms with Gasteiger partial charge in [-0.2, -0.15) is 5.26 Å². The fourth-order valence-corrected chi connectivity index (χ4v) is 1.37. The van der Waals surface area contributed by atoms with Crippen LogP contribution >= 0.6 is 27.5 Å². The predicted octanol–water partition coefficient (Wildman–Crippen LogP) is 3.31. The van der Waals surface area contributed by atoms with Gasteiger partial charge in [0.25, 0.3) is 6.43 Å². The molecule has 0 saturated carbocycles. The van der Waals surface area contributed by atoms with Crippen molar-refractivity contribution in [1.82, 2.24) is 4.98 Å². The first-order chi connectivity index (χ1) is 6.07. The summed E-state index contributed by atoms with van der Waals surface area (Å²) in [5.41, 5.74) is -0.387. The van der Waals surface area contributed by atoms with Crippen molar-refractivity contribution in [1.29, 1.82) is 5.26 Å². The summed E-state index contributed by atoms with van der Waals surface area (Å²) in [7, 11) is 0. The largest absolute Gasteiger partial charge is 0.266 e. The van der Waals surface area contributed by atoms with Crippen LogP contribution in [0.4, 0.5) is 8.78 Å². The molecule has 0 aliphatic carbocycles. The Bertz CT molecular complexity index is 375. The summed E-state index contributed by atoms with van der Waals surface area (Å²) in [5.74, 6) is 0. The fourth-order valence-electron chi connectivity index (χ4n) is 0.708. The number of hydrogen-bond donors (Lipinski definition) is 0. The lowest BCUT2D eigenvalue weighted by atomic mass is 10.2. The lowest BCUT2D eigenvalue weighted by molar-refractivity contribution is 0.150. The Morgan fingerprint density at radius 1 is 1.62 bits per heavy atom. The molecule has 0 radical (unpaired) electrons. The highest BCUT2D eigenvalue weighted by molar-refractivity contribution is 9.10. The number of pyridine rings is 1. The van der Waals surface area contributed by atoms with Gasteiger partial charge in [-0.25, -0.2) is 13.8 Å². The van der Waals surface area contributed by atoms with Crippen LogP contribution in [0.3, 0.4) is 0 Å². The van der Waals surface area contributed by atoms with Crippen LogP contribution in [-0.2, 0) is 0 Å². The molecule has 0 aromatic carbocycles. The van der Waals surface area contributed by atoms with Crippen molar-refractivity contribution < 1.29 is 8.78 Å². The zero-order valence-corrected chi connectivity index (χ0v) is 8.40. The molecule has 0 fully saturated rings. The van der Waals surface area contributed by atoms with Crippen LogP contribution in [0.1, 0.15) is 17.7 Å². The van der Waals surface area contributed by atoms with E-state index in [2.05, 4.69) is 20.9 Å². The first kappa shape index (κ1) is 10.4. The van der Waals surface area contributed by atoms with Crippen molar-refractivity contribution in [3.8, 4) is 6.07 Å². The second-order valence-electron chi connectivity index (χ2n) is 2.10. The predicted molar refractivity (Wildman–Crippen MR) is 46.6 cm³/mol. The quantitative estimate of drug-likeness (QED) is 0.783. The second-order valence-corrected chi connectivity index (χ2v) is 3.27. The number of nitriles is 1. The zero-order valence-electron chi connectivity index (χ0n) is 6.06. The number of halogens is 4. The molecule has 0 N–H and O–H groups in total. The van der Waals surface area contributed by atoms with E-state index in [-0.39, 0.29) is 20.8 Å². The van der Waals surface area contributed by atoms with E-state index in [0.717, 1.165) is 6.20 Å². The van der Waals surface area contributed by atoms with Crippen LogP contribution in [-0.4, -0.2) is 4.98 Å². The lowest BCUT2D eigenvalue weighted by Crippen LogP contribution is -1.93. The third-order valence-corrected chi connectivity index (χ3v) is 2.78. The SMILES string of the molecule is N#Cc1ncc(C(F)F)c(Br)c1Cl. The van der Waals surface area contributed by atoms with Crippen molar-refractivity contribution in [2.45, 2.75) is 6.43 Å². The van der Waals surface area contributed by atoms with Gasteiger partial charge >= 0.3 is 0 Å².